The molecule has 0 spiro atoms. The predicted octanol–water partition coefficient (Wildman–Crippen LogP) is 2.81. The zero-order valence-electron chi connectivity index (χ0n) is 14.3. The second kappa shape index (κ2) is 10.9. The van der Waals surface area contributed by atoms with Crippen LogP contribution in [0.1, 0.15) is 16.7 Å². The van der Waals surface area contributed by atoms with E-state index in [4.69, 9.17) is 9.84 Å². The van der Waals surface area contributed by atoms with Crippen LogP contribution in [0.3, 0.4) is 0 Å². The summed E-state index contributed by atoms with van der Waals surface area (Å²) in [7, 11) is 3.32. The van der Waals surface area contributed by atoms with Gasteiger partial charge in [-0.1, -0.05) is 18.2 Å². The Kier molecular flexibility index (Phi) is 9.22. The molecule has 0 saturated carbocycles. The first-order chi connectivity index (χ1) is 11.7. The molecule has 0 heterocycles. The number of benzene rings is 2. The molecule has 0 aliphatic carbocycles. The second-order valence-electron chi connectivity index (χ2n) is 5.21. The van der Waals surface area contributed by atoms with Crippen LogP contribution >= 0.6 is 24.0 Å². The SMILES string of the molecule is CN=C(NCc1ccc(OC)cc1)NCc1ccc(F)c(CO)c1.I. The summed E-state index contributed by atoms with van der Waals surface area (Å²) >= 11 is 0. The van der Waals surface area contributed by atoms with Crippen molar-refractivity contribution >= 4 is 29.9 Å². The maximum Gasteiger partial charge on any atom is 0.191 e. The van der Waals surface area contributed by atoms with Crippen LogP contribution in [0.15, 0.2) is 47.5 Å². The lowest BCUT2D eigenvalue weighted by molar-refractivity contribution is 0.275. The number of aliphatic imine (C=N–C) groups is 1. The third kappa shape index (κ3) is 6.50. The van der Waals surface area contributed by atoms with Crippen LogP contribution in [0.5, 0.6) is 5.75 Å². The Bertz CT molecular complexity index is 693. The number of rotatable bonds is 6. The second-order valence-corrected chi connectivity index (χ2v) is 5.21. The number of nitrogens with one attached hydrogen (secondary N) is 2. The Morgan fingerprint density at radius 3 is 2.24 bits per heavy atom. The van der Waals surface area contributed by atoms with Crippen LogP contribution < -0.4 is 15.4 Å². The summed E-state index contributed by atoms with van der Waals surface area (Å²) in [5, 5.41) is 15.5. The molecule has 2 aromatic carbocycles. The fraction of sp³-hybridized carbons (Fsp3) is 0.278. The lowest BCUT2D eigenvalue weighted by atomic mass is 10.1. The highest BCUT2D eigenvalue weighted by Gasteiger charge is 2.04. The third-order valence-electron chi connectivity index (χ3n) is 3.58. The summed E-state index contributed by atoms with van der Waals surface area (Å²) in [6.45, 7) is 0.786. The molecule has 0 fully saturated rings. The van der Waals surface area contributed by atoms with Gasteiger partial charge < -0.3 is 20.5 Å². The number of hydrogen-bond acceptors (Lipinski definition) is 3. The molecule has 0 aliphatic rings. The summed E-state index contributed by atoms with van der Waals surface area (Å²) in [6, 6.07) is 12.4. The molecule has 25 heavy (non-hydrogen) atoms. The van der Waals surface area contributed by atoms with Gasteiger partial charge in [-0.15, -0.1) is 24.0 Å². The third-order valence-corrected chi connectivity index (χ3v) is 3.58. The van der Waals surface area contributed by atoms with Crippen molar-refractivity contribution in [1.29, 1.82) is 0 Å². The minimum absolute atomic E-state index is 0. The molecule has 5 nitrogen and oxygen atoms in total. The van der Waals surface area contributed by atoms with Crippen molar-refractivity contribution in [3.63, 3.8) is 0 Å². The van der Waals surface area contributed by atoms with Crippen molar-refractivity contribution in [2.24, 2.45) is 4.99 Å². The number of ether oxygens (including phenoxy) is 1. The molecule has 0 amide bonds. The summed E-state index contributed by atoms with van der Waals surface area (Å²) in [5.41, 5.74) is 2.26. The topological polar surface area (TPSA) is 65.9 Å². The van der Waals surface area contributed by atoms with Crippen LogP contribution in [0.2, 0.25) is 0 Å². The molecule has 0 aromatic heterocycles. The van der Waals surface area contributed by atoms with E-state index in [1.807, 2.05) is 24.3 Å². The zero-order valence-corrected chi connectivity index (χ0v) is 16.6. The van der Waals surface area contributed by atoms with E-state index < -0.39 is 5.82 Å². The highest BCUT2D eigenvalue weighted by molar-refractivity contribution is 14.0. The van der Waals surface area contributed by atoms with Crippen LogP contribution in [0, 0.1) is 5.82 Å². The largest absolute Gasteiger partial charge is 0.497 e. The lowest BCUT2D eigenvalue weighted by Crippen LogP contribution is -2.36. The van der Waals surface area contributed by atoms with Crippen LogP contribution in [-0.2, 0) is 19.7 Å². The number of nitrogens with zero attached hydrogens (tertiary/aromatic N) is 1. The Morgan fingerprint density at radius 1 is 1.08 bits per heavy atom. The molecular formula is C18H23FIN3O2. The molecule has 7 heteroatoms. The van der Waals surface area contributed by atoms with E-state index in [9.17, 15) is 4.39 Å². The first-order valence-electron chi connectivity index (χ1n) is 7.62. The van der Waals surface area contributed by atoms with Crippen molar-refractivity contribution in [3.8, 4) is 5.75 Å². The molecule has 0 atom stereocenters. The fourth-order valence-electron chi connectivity index (χ4n) is 2.19. The first-order valence-corrected chi connectivity index (χ1v) is 7.62. The van der Waals surface area contributed by atoms with Crippen LogP contribution in [0.4, 0.5) is 4.39 Å². The van der Waals surface area contributed by atoms with Gasteiger partial charge in [0.25, 0.3) is 0 Å². The van der Waals surface area contributed by atoms with E-state index in [1.54, 1.807) is 26.3 Å². The van der Waals surface area contributed by atoms with Crippen LogP contribution in [-0.4, -0.2) is 25.2 Å². The average molecular weight is 459 g/mol. The summed E-state index contributed by atoms with van der Waals surface area (Å²) in [4.78, 5) is 4.16. The van der Waals surface area contributed by atoms with Gasteiger partial charge in [0.15, 0.2) is 5.96 Å². The number of aliphatic hydroxyl groups is 1. The molecule has 0 unspecified atom stereocenters. The maximum atomic E-state index is 13.4. The minimum atomic E-state index is -0.400. The van der Waals surface area contributed by atoms with E-state index in [-0.39, 0.29) is 36.1 Å². The molecule has 0 saturated heterocycles. The average Bonchev–Trinajstić information content (AvgIpc) is 2.63. The van der Waals surface area contributed by atoms with Crippen molar-refractivity contribution in [3.05, 3.63) is 65.0 Å². The van der Waals surface area contributed by atoms with Crippen molar-refractivity contribution < 1.29 is 14.2 Å². The first kappa shape index (κ1) is 21.2. The summed E-state index contributed by atoms with van der Waals surface area (Å²) < 4.78 is 18.5. The van der Waals surface area contributed by atoms with Gasteiger partial charge in [-0.3, -0.25) is 4.99 Å². The predicted molar refractivity (Wildman–Crippen MR) is 108 cm³/mol. The van der Waals surface area contributed by atoms with Gasteiger partial charge in [-0.25, -0.2) is 4.39 Å². The summed E-state index contributed by atoms with van der Waals surface area (Å²) in [5.74, 6) is 1.06. The molecule has 2 aromatic rings. The number of aliphatic hydroxyl groups excluding tert-OH is 1. The van der Waals surface area contributed by atoms with E-state index in [2.05, 4.69) is 15.6 Å². The van der Waals surface area contributed by atoms with Gasteiger partial charge >= 0.3 is 0 Å². The van der Waals surface area contributed by atoms with E-state index in [1.165, 1.54) is 6.07 Å². The lowest BCUT2D eigenvalue weighted by Gasteiger charge is -2.13. The number of hydrogen-bond donors (Lipinski definition) is 3. The molecule has 3 N–H and O–H groups in total. The molecule has 136 valence electrons. The minimum Gasteiger partial charge on any atom is -0.497 e. The van der Waals surface area contributed by atoms with Crippen molar-refractivity contribution in [1.82, 2.24) is 10.6 Å². The monoisotopic (exact) mass is 459 g/mol. The molecule has 0 aliphatic heterocycles. The normalized spacial score (nSPS) is 10.8. The van der Waals surface area contributed by atoms with Gasteiger partial charge in [0.1, 0.15) is 11.6 Å². The molecule has 0 radical (unpaired) electrons. The van der Waals surface area contributed by atoms with Gasteiger partial charge in [0.05, 0.1) is 13.7 Å². The quantitative estimate of drug-likeness (QED) is 0.353. The smallest absolute Gasteiger partial charge is 0.191 e. The van der Waals surface area contributed by atoms with Crippen molar-refractivity contribution in [2.45, 2.75) is 19.7 Å². The molecular weight excluding hydrogens is 436 g/mol. The zero-order chi connectivity index (χ0) is 17.4. The van der Waals surface area contributed by atoms with Crippen LogP contribution in [0.25, 0.3) is 0 Å². The Labute approximate surface area is 164 Å². The van der Waals surface area contributed by atoms with Gasteiger partial charge in [0.2, 0.25) is 0 Å². The Hall–Kier alpha value is -1.87. The van der Waals surface area contributed by atoms with Crippen molar-refractivity contribution in [2.75, 3.05) is 14.2 Å². The molecule has 0 bridgehead atoms. The Balaban J connectivity index is 0.00000312. The Morgan fingerprint density at radius 2 is 1.68 bits per heavy atom. The van der Waals surface area contributed by atoms with Gasteiger partial charge in [-0.05, 0) is 35.4 Å². The standard InChI is InChI=1S/C18H22FN3O2.HI/c1-20-18(21-10-13-3-6-16(24-2)7-4-13)22-11-14-5-8-17(19)15(9-14)12-23;/h3-9,23H,10-12H2,1-2H3,(H2,20,21,22);1H. The summed E-state index contributed by atoms with van der Waals surface area (Å²) in [6.07, 6.45) is 0. The number of halogens is 2. The number of guanidine groups is 1. The maximum absolute atomic E-state index is 13.4. The van der Waals surface area contributed by atoms with Gasteiger partial charge in [0, 0.05) is 25.7 Å². The number of methoxy groups -OCH3 is 1. The van der Waals surface area contributed by atoms with Gasteiger partial charge in [-0.2, -0.15) is 0 Å². The van der Waals surface area contributed by atoms with E-state index in [0.29, 0.717) is 19.0 Å². The highest BCUT2D eigenvalue weighted by atomic mass is 127. The van der Waals surface area contributed by atoms with E-state index in [0.717, 1.165) is 16.9 Å². The molecule has 2 rings (SSSR count). The van der Waals surface area contributed by atoms with E-state index >= 15 is 0 Å². The fourth-order valence-corrected chi connectivity index (χ4v) is 2.19. The highest BCUT2D eigenvalue weighted by Crippen LogP contribution is 2.11.